The van der Waals surface area contributed by atoms with Crippen LogP contribution in [0.1, 0.15) is 44.7 Å². The Morgan fingerprint density at radius 1 is 1.15 bits per heavy atom. The van der Waals surface area contributed by atoms with Gasteiger partial charge in [-0.1, -0.05) is 45.0 Å². The van der Waals surface area contributed by atoms with Crippen molar-refractivity contribution in [2.45, 2.75) is 51.5 Å². The van der Waals surface area contributed by atoms with Gasteiger partial charge in [0.05, 0.1) is 0 Å². The summed E-state index contributed by atoms with van der Waals surface area (Å²) in [4.78, 5) is 0. The van der Waals surface area contributed by atoms with Gasteiger partial charge in [-0.2, -0.15) is 0 Å². The highest BCUT2D eigenvalue weighted by molar-refractivity contribution is 5.28. The van der Waals surface area contributed by atoms with E-state index in [2.05, 4.69) is 57.4 Å². The van der Waals surface area contributed by atoms with Crippen LogP contribution in [-0.2, 0) is 16.6 Å². The Morgan fingerprint density at radius 3 is 2.25 bits per heavy atom. The predicted octanol–water partition coefficient (Wildman–Crippen LogP) is 3.54. The Morgan fingerprint density at radius 2 is 1.75 bits per heavy atom. The summed E-state index contributed by atoms with van der Waals surface area (Å²) < 4.78 is 5.47. The van der Waals surface area contributed by atoms with Crippen LogP contribution in [0.2, 0.25) is 0 Å². The summed E-state index contributed by atoms with van der Waals surface area (Å²) in [7, 11) is 2.09. The number of likely N-dealkylation sites (N-methyl/N-ethyl adjacent to an activating group) is 1. The first-order chi connectivity index (χ1) is 9.50. The molecule has 1 heterocycles. The number of hydrogen-bond donors (Lipinski definition) is 1. The van der Waals surface area contributed by atoms with Crippen LogP contribution >= 0.6 is 0 Å². The maximum absolute atomic E-state index is 5.47. The lowest BCUT2D eigenvalue weighted by atomic mass is 9.84. The van der Waals surface area contributed by atoms with Crippen molar-refractivity contribution in [1.82, 2.24) is 5.32 Å². The van der Waals surface area contributed by atoms with E-state index in [0.29, 0.717) is 6.04 Å². The molecule has 0 radical (unpaired) electrons. The molecule has 1 N–H and O–H groups in total. The zero-order valence-electron chi connectivity index (χ0n) is 13.4. The molecule has 1 aliphatic rings. The first-order valence-corrected chi connectivity index (χ1v) is 7.85. The molecule has 1 saturated heterocycles. The molecule has 0 saturated carbocycles. The molecular weight excluding hydrogens is 246 g/mol. The Balaban J connectivity index is 2.00. The lowest BCUT2D eigenvalue weighted by Crippen LogP contribution is -2.38. The predicted molar refractivity (Wildman–Crippen MR) is 85.2 cm³/mol. The first-order valence-electron chi connectivity index (χ1n) is 7.85. The zero-order chi connectivity index (χ0) is 14.6. The fourth-order valence-electron chi connectivity index (χ4n) is 3.02. The molecule has 0 bridgehead atoms. The minimum Gasteiger partial charge on any atom is -0.381 e. The van der Waals surface area contributed by atoms with Crippen LogP contribution in [0.15, 0.2) is 24.3 Å². The molecule has 1 fully saturated rings. The van der Waals surface area contributed by atoms with Crippen molar-refractivity contribution in [2.24, 2.45) is 5.92 Å². The van der Waals surface area contributed by atoms with E-state index in [0.717, 1.165) is 25.6 Å². The first kappa shape index (κ1) is 15.5. The van der Waals surface area contributed by atoms with Crippen molar-refractivity contribution < 1.29 is 4.74 Å². The van der Waals surface area contributed by atoms with E-state index >= 15 is 0 Å². The van der Waals surface area contributed by atoms with Crippen molar-refractivity contribution in [3.63, 3.8) is 0 Å². The Kier molecular flexibility index (Phi) is 5.22. The molecule has 112 valence electrons. The van der Waals surface area contributed by atoms with Gasteiger partial charge in [0, 0.05) is 19.3 Å². The van der Waals surface area contributed by atoms with Gasteiger partial charge in [-0.05, 0) is 48.8 Å². The molecule has 1 atom stereocenters. The van der Waals surface area contributed by atoms with E-state index in [4.69, 9.17) is 4.74 Å². The van der Waals surface area contributed by atoms with E-state index in [-0.39, 0.29) is 5.41 Å². The molecule has 20 heavy (non-hydrogen) atoms. The molecule has 1 aromatic rings. The van der Waals surface area contributed by atoms with Gasteiger partial charge in [-0.3, -0.25) is 0 Å². The van der Waals surface area contributed by atoms with Gasteiger partial charge in [0.25, 0.3) is 0 Å². The highest BCUT2D eigenvalue weighted by atomic mass is 16.5. The van der Waals surface area contributed by atoms with Crippen LogP contribution in [0.25, 0.3) is 0 Å². The third-order valence-electron chi connectivity index (χ3n) is 4.48. The van der Waals surface area contributed by atoms with E-state index in [1.54, 1.807) is 0 Å². The maximum atomic E-state index is 5.47. The summed E-state index contributed by atoms with van der Waals surface area (Å²) in [6, 6.07) is 9.73. The van der Waals surface area contributed by atoms with Gasteiger partial charge in [0.1, 0.15) is 0 Å². The fourth-order valence-corrected chi connectivity index (χ4v) is 3.02. The summed E-state index contributed by atoms with van der Waals surface area (Å²) in [6.07, 6.45) is 3.49. The Hall–Kier alpha value is -0.860. The molecule has 2 heteroatoms. The van der Waals surface area contributed by atoms with Gasteiger partial charge in [0.2, 0.25) is 0 Å². The van der Waals surface area contributed by atoms with Crippen LogP contribution in [0.3, 0.4) is 0 Å². The van der Waals surface area contributed by atoms with Gasteiger partial charge in [0.15, 0.2) is 0 Å². The minimum atomic E-state index is 0.238. The summed E-state index contributed by atoms with van der Waals surface area (Å²) in [6.45, 7) is 8.64. The number of nitrogens with one attached hydrogen (secondary N) is 1. The average Bonchev–Trinajstić information content (AvgIpc) is 2.45. The van der Waals surface area contributed by atoms with Crippen LogP contribution < -0.4 is 5.32 Å². The topological polar surface area (TPSA) is 21.3 Å². The molecule has 0 aromatic heterocycles. The van der Waals surface area contributed by atoms with E-state index in [1.807, 2.05) is 0 Å². The van der Waals surface area contributed by atoms with Crippen LogP contribution in [0.5, 0.6) is 0 Å². The largest absolute Gasteiger partial charge is 0.381 e. The highest BCUT2D eigenvalue weighted by Crippen LogP contribution is 2.24. The average molecular weight is 275 g/mol. The van der Waals surface area contributed by atoms with Gasteiger partial charge < -0.3 is 10.1 Å². The Bertz CT molecular complexity index is 398. The standard InChI is InChI=1S/C18H29NO/c1-18(2,3)16-7-5-14(6-8-16)13-17(19-4)15-9-11-20-12-10-15/h5-8,15,17,19H,9-13H2,1-4H3. The van der Waals surface area contributed by atoms with Crippen molar-refractivity contribution in [3.05, 3.63) is 35.4 Å². The summed E-state index contributed by atoms with van der Waals surface area (Å²) in [5, 5.41) is 3.51. The summed E-state index contributed by atoms with van der Waals surface area (Å²) in [5.74, 6) is 0.746. The quantitative estimate of drug-likeness (QED) is 0.907. The lowest BCUT2D eigenvalue weighted by Gasteiger charge is -2.30. The SMILES string of the molecule is CNC(Cc1ccc(C(C)(C)C)cc1)C1CCOCC1. The second-order valence-corrected chi connectivity index (χ2v) is 7.00. The normalized spacial score (nSPS) is 19.0. The molecule has 0 spiro atoms. The summed E-state index contributed by atoms with van der Waals surface area (Å²) in [5.41, 5.74) is 3.08. The highest BCUT2D eigenvalue weighted by Gasteiger charge is 2.23. The fraction of sp³-hybridized carbons (Fsp3) is 0.667. The van der Waals surface area contributed by atoms with Crippen molar-refractivity contribution in [3.8, 4) is 0 Å². The van der Waals surface area contributed by atoms with Crippen molar-refractivity contribution in [2.75, 3.05) is 20.3 Å². The van der Waals surface area contributed by atoms with Crippen molar-refractivity contribution in [1.29, 1.82) is 0 Å². The van der Waals surface area contributed by atoms with Crippen molar-refractivity contribution >= 4 is 0 Å². The van der Waals surface area contributed by atoms with E-state index < -0.39 is 0 Å². The monoisotopic (exact) mass is 275 g/mol. The molecule has 1 unspecified atom stereocenters. The van der Waals surface area contributed by atoms with Gasteiger partial charge in [-0.25, -0.2) is 0 Å². The lowest BCUT2D eigenvalue weighted by molar-refractivity contribution is 0.0547. The third-order valence-corrected chi connectivity index (χ3v) is 4.48. The molecule has 0 amide bonds. The number of hydrogen-bond acceptors (Lipinski definition) is 2. The molecule has 0 aliphatic carbocycles. The molecular formula is C18H29NO. The number of ether oxygens (including phenoxy) is 1. The van der Waals surface area contributed by atoms with Gasteiger partial charge >= 0.3 is 0 Å². The van der Waals surface area contributed by atoms with Crippen LogP contribution in [0.4, 0.5) is 0 Å². The smallest absolute Gasteiger partial charge is 0.0469 e. The molecule has 2 nitrogen and oxygen atoms in total. The molecule has 2 rings (SSSR count). The molecule has 1 aromatic carbocycles. The van der Waals surface area contributed by atoms with Gasteiger partial charge in [-0.15, -0.1) is 0 Å². The number of benzene rings is 1. The second kappa shape index (κ2) is 6.73. The third kappa shape index (κ3) is 4.07. The summed E-state index contributed by atoms with van der Waals surface area (Å²) >= 11 is 0. The maximum Gasteiger partial charge on any atom is 0.0469 e. The minimum absolute atomic E-state index is 0.238. The van der Waals surface area contributed by atoms with E-state index in [1.165, 1.54) is 24.0 Å². The second-order valence-electron chi connectivity index (χ2n) is 7.00. The molecule has 1 aliphatic heterocycles. The van der Waals surface area contributed by atoms with Crippen LogP contribution in [0, 0.1) is 5.92 Å². The van der Waals surface area contributed by atoms with E-state index in [9.17, 15) is 0 Å². The Labute approximate surface area is 123 Å². The van der Waals surface area contributed by atoms with Crippen LogP contribution in [-0.4, -0.2) is 26.3 Å². The zero-order valence-corrected chi connectivity index (χ0v) is 13.4. The number of rotatable bonds is 4.